The smallest absolute Gasteiger partial charge is 0.306 e. The van der Waals surface area contributed by atoms with Gasteiger partial charge in [-0.3, -0.25) is 4.79 Å². The highest BCUT2D eigenvalue weighted by Crippen LogP contribution is 2.35. The molecular formula is C19H22Cl2N2O2. The minimum atomic E-state index is -0.593. The summed E-state index contributed by atoms with van der Waals surface area (Å²) in [6, 6.07) is 7.22. The van der Waals surface area contributed by atoms with Crippen LogP contribution in [0.4, 0.5) is 0 Å². The summed E-state index contributed by atoms with van der Waals surface area (Å²) in [5.74, 6) is 0.444. The Morgan fingerprint density at radius 3 is 2.64 bits per heavy atom. The summed E-state index contributed by atoms with van der Waals surface area (Å²) in [4.78, 5) is 16.4. The second-order valence-corrected chi connectivity index (χ2v) is 7.42. The number of aromatic nitrogens is 2. The number of rotatable bonds is 7. The fraction of sp³-hybridized carbons (Fsp3) is 0.474. The minimum absolute atomic E-state index is 0.211. The van der Waals surface area contributed by atoms with Crippen LogP contribution in [0.5, 0.6) is 0 Å². The van der Waals surface area contributed by atoms with E-state index in [-0.39, 0.29) is 5.97 Å². The number of alkyl halides is 1. The monoisotopic (exact) mass is 380 g/mol. The van der Waals surface area contributed by atoms with Crippen LogP contribution < -0.4 is 0 Å². The van der Waals surface area contributed by atoms with Crippen LogP contribution >= 0.6 is 23.2 Å². The molecule has 0 bridgehead atoms. The third-order valence-electron chi connectivity index (χ3n) is 4.75. The predicted molar refractivity (Wildman–Crippen MR) is 98.6 cm³/mol. The lowest BCUT2D eigenvalue weighted by molar-refractivity contribution is -0.150. The van der Waals surface area contributed by atoms with Gasteiger partial charge >= 0.3 is 5.97 Å². The van der Waals surface area contributed by atoms with Crippen LogP contribution in [0.1, 0.15) is 55.7 Å². The first-order valence-corrected chi connectivity index (χ1v) is 9.51. The minimum Gasteiger partial charge on any atom is -0.454 e. The quantitative estimate of drug-likeness (QED) is 0.468. The van der Waals surface area contributed by atoms with Crippen LogP contribution in [0, 0.1) is 5.92 Å². The number of nitrogens with zero attached hydrogens (tertiary/aromatic N) is 2. The number of hydrogen-bond acceptors (Lipinski definition) is 3. The lowest BCUT2D eigenvalue weighted by Gasteiger charge is -2.24. The van der Waals surface area contributed by atoms with E-state index in [0.717, 1.165) is 12.0 Å². The second-order valence-electron chi connectivity index (χ2n) is 6.53. The summed E-state index contributed by atoms with van der Waals surface area (Å²) in [5, 5.41) is 0.629. The molecule has 1 aromatic carbocycles. The number of benzene rings is 1. The lowest BCUT2D eigenvalue weighted by Crippen LogP contribution is -2.19. The molecule has 1 aliphatic carbocycles. The SMILES string of the molecule is O=C(CCC1CCCC1)OC(c1ccc(Cl)cc1)C(Cl)n1ccnc1. The van der Waals surface area contributed by atoms with Crippen LogP contribution in [0.3, 0.4) is 0 Å². The molecule has 3 rings (SSSR count). The van der Waals surface area contributed by atoms with Crippen LogP contribution in [0.15, 0.2) is 43.0 Å². The van der Waals surface area contributed by atoms with Gasteiger partial charge in [0.25, 0.3) is 0 Å². The van der Waals surface area contributed by atoms with Crippen molar-refractivity contribution in [2.24, 2.45) is 5.92 Å². The van der Waals surface area contributed by atoms with E-state index in [1.165, 1.54) is 25.7 Å². The Morgan fingerprint density at radius 2 is 2.00 bits per heavy atom. The first kappa shape index (κ1) is 18.3. The molecule has 1 fully saturated rings. The average molecular weight is 381 g/mol. The second kappa shape index (κ2) is 8.72. The molecule has 0 spiro atoms. The van der Waals surface area contributed by atoms with Gasteiger partial charge in [0.15, 0.2) is 6.10 Å². The van der Waals surface area contributed by atoms with Gasteiger partial charge in [0.2, 0.25) is 0 Å². The number of ether oxygens (including phenoxy) is 1. The van der Waals surface area contributed by atoms with E-state index in [9.17, 15) is 4.79 Å². The fourth-order valence-electron chi connectivity index (χ4n) is 3.33. The number of carbonyl (C=O) groups excluding carboxylic acids is 1. The van der Waals surface area contributed by atoms with Gasteiger partial charge < -0.3 is 9.30 Å². The highest BCUT2D eigenvalue weighted by Gasteiger charge is 2.27. The maximum atomic E-state index is 12.4. The van der Waals surface area contributed by atoms with Crippen molar-refractivity contribution in [3.63, 3.8) is 0 Å². The molecule has 1 saturated carbocycles. The highest BCUT2D eigenvalue weighted by molar-refractivity contribution is 6.30. The van der Waals surface area contributed by atoms with Gasteiger partial charge in [-0.15, -0.1) is 0 Å². The Bertz CT molecular complexity index is 667. The van der Waals surface area contributed by atoms with Gasteiger partial charge in [0, 0.05) is 23.8 Å². The molecule has 2 aromatic rings. The maximum Gasteiger partial charge on any atom is 0.306 e. The number of esters is 1. The lowest BCUT2D eigenvalue weighted by atomic mass is 10.0. The first-order valence-electron chi connectivity index (χ1n) is 8.70. The van der Waals surface area contributed by atoms with Gasteiger partial charge in [-0.2, -0.15) is 0 Å². The Balaban J connectivity index is 1.69. The summed E-state index contributed by atoms with van der Waals surface area (Å²) in [7, 11) is 0. The number of halogens is 2. The maximum absolute atomic E-state index is 12.4. The van der Waals surface area contributed by atoms with Gasteiger partial charge in [0.05, 0.1) is 6.33 Å². The Morgan fingerprint density at radius 1 is 1.28 bits per heavy atom. The fourth-order valence-corrected chi connectivity index (χ4v) is 3.77. The summed E-state index contributed by atoms with van der Waals surface area (Å²) in [5.41, 5.74) is 0.242. The van der Waals surface area contributed by atoms with Crippen molar-refractivity contribution in [3.05, 3.63) is 53.6 Å². The predicted octanol–water partition coefficient (Wildman–Crippen LogP) is 5.53. The normalized spacial score (nSPS) is 17.4. The summed E-state index contributed by atoms with van der Waals surface area (Å²) in [6.45, 7) is 0. The molecule has 0 aliphatic heterocycles. The Kier molecular flexibility index (Phi) is 6.38. The van der Waals surface area contributed by atoms with E-state index in [1.54, 1.807) is 35.4 Å². The van der Waals surface area contributed by atoms with Crippen molar-refractivity contribution in [2.75, 3.05) is 0 Å². The molecule has 0 saturated heterocycles. The number of hydrogen-bond donors (Lipinski definition) is 0. The Labute approximate surface area is 158 Å². The van der Waals surface area contributed by atoms with Crippen LogP contribution in [-0.2, 0) is 9.53 Å². The van der Waals surface area contributed by atoms with Crippen molar-refractivity contribution in [3.8, 4) is 0 Å². The zero-order valence-corrected chi connectivity index (χ0v) is 15.5. The third-order valence-corrected chi connectivity index (χ3v) is 5.45. The van der Waals surface area contributed by atoms with Gasteiger partial charge in [0.1, 0.15) is 5.50 Å². The first-order chi connectivity index (χ1) is 12.1. The van der Waals surface area contributed by atoms with Gasteiger partial charge in [-0.05, 0) is 30.0 Å². The number of imidazole rings is 1. The molecule has 0 N–H and O–H groups in total. The van der Waals surface area contributed by atoms with Gasteiger partial charge in [-0.1, -0.05) is 61.0 Å². The van der Waals surface area contributed by atoms with E-state index in [4.69, 9.17) is 27.9 Å². The Hall–Kier alpha value is -1.52. The zero-order valence-electron chi connectivity index (χ0n) is 14.0. The summed E-state index contributed by atoms with van der Waals surface area (Å²) >= 11 is 12.5. The largest absolute Gasteiger partial charge is 0.454 e. The molecule has 1 aromatic heterocycles. The van der Waals surface area contributed by atoms with Crippen molar-refractivity contribution < 1.29 is 9.53 Å². The molecule has 4 nitrogen and oxygen atoms in total. The summed E-state index contributed by atoms with van der Waals surface area (Å²) in [6.07, 6.45) is 10.8. The molecular weight excluding hydrogens is 359 g/mol. The zero-order chi connectivity index (χ0) is 17.6. The van der Waals surface area contributed by atoms with E-state index >= 15 is 0 Å². The van der Waals surface area contributed by atoms with E-state index < -0.39 is 11.6 Å². The molecule has 1 aliphatic rings. The van der Waals surface area contributed by atoms with Crippen molar-refractivity contribution in [2.45, 2.75) is 50.1 Å². The van der Waals surface area contributed by atoms with Crippen molar-refractivity contribution in [1.82, 2.24) is 9.55 Å². The molecule has 0 radical (unpaired) electrons. The highest BCUT2D eigenvalue weighted by atomic mass is 35.5. The molecule has 25 heavy (non-hydrogen) atoms. The van der Waals surface area contributed by atoms with E-state index in [0.29, 0.717) is 17.4 Å². The van der Waals surface area contributed by atoms with Crippen LogP contribution in [-0.4, -0.2) is 15.5 Å². The third kappa shape index (κ3) is 4.99. The molecule has 6 heteroatoms. The number of carbonyl (C=O) groups is 1. The molecule has 134 valence electrons. The van der Waals surface area contributed by atoms with E-state index in [1.807, 2.05) is 12.1 Å². The molecule has 0 amide bonds. The molecule has 2 atom stereocenters. The van der Waals surface area contributed by atoms with Gasteiger partial charge in [-0.25, -0.2) is 4.98 Å². The molecule has 1 heterocycles. The van der Waals surface area contributed by atoms with Crippen molar-refractivity contribution >= 4 is 29.2 Å². The average Bonchev–Trinajstić information content (AvgIpc) is 3.31. The van der Waals surface area contributed by atoms with Crippen LogP contribution in [0.25, 0.3) is 0 Å². The van der Waals surface area contributed by atoms with Crippen LogP contribution in [0.2, 0.25) is 5.02 Å². The summed E-state index contributed by atoms with van der Waals surface area (Å²) < 4.78 is 7.49. The van der Waals surface area contributed by atoms with Crippen molar-refractivity contribution in [1.29, 1.82) is 0 Å². The standard InChI is InChI=1S/C19H22Cl2N2O2/c20-16-8-6-15(7-9-16)18(19(21)23-12-11-22-13-23)25-17(24)10-5-14-3-1-2-4-14/h6-9,11-14,18-19H,1-5,10H2. The molecule has 2 unspecified atom stereocenters. The topological polar surface area (TPSA) is 44.1 Å². The van der Waals surface area contributed by atoms with E-state index in [2.05, 4.69) is 4.98 Å².